The van der Waals surface area contributed by atoms with Crippen molar-refractivity contribution in [1.82, 2.24) is 0 Å². The molecule has 1 aliphatic heterocycles. The maximum absolute atomic E-state index is 12.9. The first-order valence-electron chi connectivity index (χ1n) is 3.61. The molecule has 16 heavy (non-hydrogen) atoms. The summed E-state index contributed by atoms with van der Waals surface area (Å²) in [4.78, 5) is 0. The van der Waals surface area contributed by atoms with Gasteiger partial charge in [0.25, 0.3) is 0 Å². The highest BCUT2D eigenvalue weighted by atomic mass is 19.4. The second-order valence-corrected chi connectivity index (χ2v) is 3.30. The molecule has 96 valence electrons. The van der Waals surface area contributed by atoms with E-state index in [0.29, 0.717) is 0 Å². The van der Waals surface area contributed by atoms with Crippen molar-refractivity contribution in [1.29, 1.82) is 0 Å². The predicted octanol–water partition coefficient (Wildman–Crippen LogP) is 3.20. The van der Waals surface area contributed by atoms with Crippen LogP contribution in [0.25, 0.3) is 0 Å². The number of ether oxygens (including phenoxy) is 1. The van der Waals surface area contributed by atoms with Crippen LogP contribution in [0.1, 0.15) is 6.92 Å². The van der Waals surface area contributed by atoms with E-state index < -0.39 is 29.7 Å². The molecule has 1 aliphatic rings. The fourth-order valence-electron chi connectivity index (χ4n) is 1.04. The van der Waals surface area contributed by atoms with Gasteiger partial charge in [0.05, 0.1) is 0 Å². The Morgan fingerprint density at radius 2 is 1.25 bits per heavy atom. The normalized spacial score (nSPS) is 36.4. The molecule has 1 rings (SSSR count). The number of hydrogen-bond acceptors (Lipinski definition) is 1. The minimum absolute atomic E-state index is 0.216. The van der Waals surface area contributed by atoms with Crippen LogP contribution in [0.4, 0.5) is 39.5 Å². The van der Waals surface area contributed by atoms with Crippen LogP contribution in [0.5, 0.6) is 0 Å². The van der Waals surface area contributed by atoms with Gasteiger partial charge in [0.15, 0.2) is 0 Å². The Hall–Kier alpha value is -0.670. The maximum atomic E-state index is 12.9. The van der Waals surface area contributed by atoms with Gasteiger partial charge in [0, 0.05) is 0 Å². The molecular formula is C6H3F9O. The molecule has 0 radical (unpaired) electrons. The molecule has 1 saturated heterocycles. The molecule has 0 amide bonds. The first-order valence-corrected chi connectivity index (χ1v) is 3.61. The third kappa shape index (κ3) is 1.31. The van der Waals surface area contributed by atoms with Gasteiger partial charge in [-0.1, -0.05) is 0 Å². The highest BCUT2D eigenvalue weighted by Crippen LogP contribution is 2.67. The quantitative estimate of drug-likeness (QED) is 0.522. The van der Waals surface area contributed by atoms with E-state index in [1.807, 2.05) is 0 Å². The average Bonchev–Trinajstić information content (AvgIpc) is 2.54. The molecule has 1 heterocycles. The first-order chi connectivity index (χ1) is 6.71. The van der Waals surface area contributed by atoms with Crippen molar-refractivity contribution in [3.05, 3.63) is 0 Å². The number of alkyl halides is 9. The molecule has 0 aromatic rings. The fraction of sp³-hybridized carbons (Fsp3) is 1.00. The van der Waals surface area contributed by atoms with Crippen LogP contribution in [0.2, 0.25) is 0 Å². The zero-order valence-electron chi connectivity index (χ0n) is 7.31. The number of hydrogen-bond donors (Lipinski definition) is 0. The van der Waals surface area contributed by atoms with Gasteiger partial charge in [-0.25, -0.2) is 4.39 Å². The summed E-state index contributed by atoms with van der Waals surface area (Å²) in [6, 6.07) is 0. The molecule has 0 aliphatic carbocycles. The van der Waals surface area contributed by atoms with E-state index in [1.54, 1.807) is 0 Å². The number of halogens is 9. The minimum atomic E-state index is -6.47. The summed E-state index contributed by atoms with van der Waals surface area (Å²) >= 11 is 0. The fourth-order valence-corrected chi connectivity index (χ4v) is 1.04. The van der Waals surface area contributed by atoms with Gasteiger partial charge in [-0.15, -0.1) is 0 Å². The standard InChI is InChI=1S/C6H3F9O/c1-2(5(10,11)12)4(9,16-2)3(7,8)6(13,14)15/h1H3. The zero-order chi connectivity index (χ0) is 13.2. The lowest BCUT2D eigenvalue weighted by Gasteiger charge is -2.23. The van der Waals surface area contributed by atoms with Gasteiger partial charge >= 0.3 is 24.1 Å². The Kier molecular flexibility index (Phi) is 2.32. The second kappa shape index (κ2) is 2.77. The van der Waals surface area contributed by atoms with E-state index in [9.17, 15) is 39.5 Å². The van der Waals surface area contributed by atoms with Crippen molar-refractivity contribution in [3.63, 3.8) is 0 Å². The lowest BCUT2D eigenvalue weighted by molar-refractivity contribution is -0.327. The second-order valence-electron chi connectivity index (χ2n) is 3.30. The molecular weight excluding hydrogens is 259 g/mol. The highest BCUT2D eigenvalue weighted by Gasteiger charge is 2.95. The smallest absolute Gasteiger partial charge is 0.316 e. The van der Waals surface area contributed by atoms with Crippen LogP contribution < -0.4 is 0 Å². The summed E-state index contributed by atoms with van der Waals surface area (Å²) in [7, 11) is 0. The molecule has 0 spiro atoms. The van der Waals surface area contributed by atoms with Crippen molar-refractivity contribution in [3.8, 4) is 0 Å². The number of epoxide rings is 1. The van der Waals surface area contributed by atoms with E-state index in [1.165, 1.54) is 0 Å². The maximum Gasteiger partial charge on any atom is 0.459 e. The predicted molar refractivity (Wildman–Crippen MR) is 30.4 cm³/mol. The van der Waals surface area contributed by atoms with Crippen LogP contribution >= 0.6 is 0 Å². The molecule has 10 heteroatoms. The molecule has 2 atom stereocenters. The van der Waals surface area contributed by atoms with E-state index >= 15 is 0 Å². The van der Waals surface area contributed by atoms with Crippen LogP contribution in [0.15, 0.2) is 0 Å². The molecule has 1 nitrogen and oxygen atoms in total. The topological polar surface area (TPSA) is 12.5 Å². The summed E-state index contributed by atoms with van der Waals surface area (Å²) in [5, 5.41) is 0. The van der Waals surface area contributed by atoms with E-state index in [4.69, 9.17) is 0 Å². The molecule has 0 aromatic heterocycles. The molecule has 0 N–H and O–H groups in total. The van der Waals surface area contributed by atoms with Crippen molar-refractivity contribution in [2.45, 2.75) is 36.7 Å². The lowest BCUT2D eigenvalue weighted by Crippen LogP contribution is -2.53. The third-order valence-corrected chi connectivity index (χ3v) is 2.22. The molecule has 2 unspecified atom stereocenters. The zero-order valence-corrected chi connectivity index (χ0v) is 7.31. The molecule has 1 fully saturated rings. The summed E-state index contributed by atoms with van der Waals surface area (Å²) < 4.78 is 112. The van der Waals surface area contributed by atoms with Gasteiger partial charge in [0.2, 0.25) is 5.60 Å². The van der Waals surface area contributed by atoms with Crippen LogP contribution in [-0.4, -0.2) is 29.7 Å². The van der Waals surface area contributed by atoms with Crippen molar-refractivity contribution < 1.29 is 44.3 Å². The Bertz CT molecular complexity index is 304. The Labute approximate surface area is 82.2 Å². The minimum Gasteiger partial charge on any atom is -0.316 e. The van der Waals surface area contributed by atoms with E-state index in [2.05, 4.69) is 4.74 Å². The van der Waals surface area contributed by atoms with Crippen LogP contribution in [0.3, 0.4) is 0 Å². The average molecular weight is 262 g/mol. The monoisotopic (exact) mass is 262 g/mol. The van der Waals surface area contributed by atoms with Crippen LogP contribution in [-0.2, 0) is 4.74 Å². The van der Waals surface area contributed by atoms with Crippen molar-refractivity contribution in [2.75, 3.05) is 0 Å². The summed E-state index contributed by atoms with van der Waals surface area (Å²) in [5.41, 5.74) is -4.15. The molecule has 0 saturated carbocycles. The van der Waals surface area contributed by atoms with Gasteiger partial charge < -0.3 is 4.74 Å². The van der Waals surface area contributed by atoms with Gasteiger partial charge in [-0.2, -0.15) is 35.1 Å². The van der Waals surface area contributed by atoms with Crippen molar-refractivity contribution in [2.24, 2.45) is 0 Å². The summed E-state index contributed by atoms with van der Waals surface area (Å²) in [6.45, 7) is -0.216. The Balaban J connectivity index is 3.11. The first kappa shape index (κ1) is 13.4. The lowest BCUT2D eigenvalue weighted by atomic mass is 9.99. The molecule has 0 bridgehead atoms. The Morgan fingerprint density at radius 1 is 0.875 bits per heavy atom. The van der Waals surface area contributed by atoms with Gasteiger partial charge in [-0.3, -0.25) is 0 Å². The van der Waals surface area contributed by atoms with Gasteiger partial charge in [0.1, 0.15) is 0 Å². The van der Waals surface area contributed by atoms with Crippen molar-refractivity contribution >= 4 is 0 Å². The Morgan fingerprint density at radius 3 is 1.44 bits per heavy atom. The van der Waals surface area contributed by atoms with Crippen LogP contribution in [0, 0.1) is 0 Å². The van der Waals surface area contributed by atoms with E-state index in [-0.39, 0.29) is 6.92 Å². The SMILES string of the molecule is CC1(C(F)(F)F)OC1(F)C(F)(F)C(F)(F)F. The molecule has 0 aromatic carbocycles. The van der Waals surface area contributed by atoms with Gasteiger partial charge in [-0.05, 0) is 6.92 Å². The third-order valence-electron chi connectivity index (χ3n) is 2.22. The highest BCUT2D eigenvalue weighted by molar-refractivity contribution is 5.19. The summed E-state index contributed by atoms with van der Waals surface area (Å²) in [5.74, 6) is -11.3. The number of rotatable bonds is 1. The van der Waals surface area contributed by atoms with E-state index in [0.717, 1.165) is 0 Å². The largest absolute Gasteiger partial charge is 0.459 e. The summed E-state index contributed by atoms with van der Waals surface area (Å²) in [6.07, 6.45) is -12.1.